The summed E-state index contributed by atoms with van der Waals surface area (Å²) in [6, 6.07) is 8.76. The summed E-state index contributed by atoms with van der Waals surface area (Å²) in [5.41, 5.74) is 8.73. The summed E-state index contributed by atoms with van der Waals surface area (Å²) in [4.78, 5) is 23.4. The molecule has 7 nitrogen and oxygen atoms in total. The highest BCUT2D eigenvalue weighted by Crippen LogP contribution is 2.38. The van der Waals surface area contributed by atoms with E-state index < -0.39 is 17.6 Å². The lowest BCUT2D eigenvalue weighted by Crippen LogP contribution is -2.36. The summed E-state index contributed by atoms with van der Waals surface area (Å²) in [6.45, 7) is 3.44. The van der Waals surface area contributed by atoms with Gasteiger partial charge in [0.15, 0.2) is 0 Å². The Bertz CT molecular complexity index is 1580. The number of nitrogens with zero attached hydrogens (tertiary/aromatic N) is 3. The van der Waals surface area contributed by atoms with Crippen molar-refractivity contribution in [1.82, 2.24) is 14.9 Å². The summed E-state index contributed by atoms with van der Waals surface area (Å²) >= 11 is 1.45. The average molecular weight is 568 g/mol. The number of rotatable bonds is 6. The van der Waals surface area contributed by atoms with Gasteiger partial charge in [-0.25, -0.2) is 9.97 Å². The highest BCUT2D eigenvalue weighted by molar-refractivity contribution is 7.18. The van der Waals surface area contributed by atoms with Crippen LogP contribution in [-0.4, -0.2) is 47.0 Å². The number of likely N-dealkylation sites (tertiary alicyclic amines) is 1. The van der Waals surface area contributed by atoms with Crippen molar-refractivity contribution in [3.8, 4) is 5.75 Å². The largest absolute Gasteiger partial charge is 0.490 e. The van der Waals surface area contributed by atoms with Gasteiger partial charge in [0, 0.05) is 35.3 Å². The van der Waals surface area contributed by atoms with Crippen LogP contribution in [0.2, 0.25) is 0 Å². The molecule has 0 saturated carbocycles. The number of amides is 1. The SMILES string of the molecule is Cc1ccc(NC(=O)c2ccc(OC3CCN(C)CC3)c(C(F)(F)F)c2)cc1/C=C/c1csc2c(N)ncnc12. The number of hydrogen-bond acceptors (Lipinski definition) is 7. The molecule has 1 fully saturated rings. The number of aryl methyl sites for hydroxylation is 1. The zero-order valence-electron chi connectivity index (χ0n) is 22.0. The van der Waals surface area contributed by atoms with E-state index in [1.165, 1.54) is 29.8 Å². The average Bonchev–Trinajstić information content (AvgIpc) is 3.34. The molecule has 1 aliphatic rings. The van der Waals surface area contributed by atoms with Crippen molar-refractivity contribution in [3.63, 3.8) is 0 Å². The quantitative estimate of drug-likeness (QED) is 0.276. The molecule has 5 rings (SSSR count). The summed E-state index contributed by atoms with van der Waals surface area (Å²) in [7, 11) is 1.97. The number of aromatic nitrogens is 2. The van der Waals surface area contributed by atoms with Gasteiger partial charge in [-0.3, -0.25) is 4.79 Å². The Morgan fingerprint density at radius 1 is 1.12 bits per heavy atom. The van der Waals surface area contributed by atoms with Gasteiger partial charge in [0.25, 0.3) is 5.91 Å². The molecule has 0 aliphatic carbocycles. The van der Waals surface area contributed by atoms with Crippen LogP contribution in [0, 0.1) is 6.92 Å². The lowest BCUT2D eigenvalue weighted by Gasteiger charge is -2.30. The molecule has 0 spiro atoms. The number of ether oxygens (including phenoxy) is 1. The first-order chi connectivity index (χ1) is 19.1. The van der Waals surface area contributed by atoms with Crippen LogP contribution < -0.4 is 15.8 Å². The van der Waals surface area contributed by atoms with Crippen molar-refractivity contribution < 1.29 is 22.7 Å². The number of nitrogen functional groups attached to an aromatic ring is 1. The second kappa shape index (κ2) is 11.3. The third kappa shape index (κ3) is 6.10. The molecular weight excluding hydrogens is 539 g/mol. The third-order valence-electron chi connectivity index (χ3n) is 6.89. The van der Waals surface area contributed by atoms with E-state index in [2.05, 4.69) is 20.2 Å². The van der Waals surface area contributed by atoms with E-state index >= 15 is 0 Å². The number of hydrogen-bond donors (Lipinski definition) is 2. The smallest absolute Gasteiger partial charge is 0.419 e. The molecule has 208 valence electrons. The highest BCUT2D eigenvalue weighted by atomic mass is 32.1. The molecule has 0 atom stereocenters. The van der Waals surface area contributed by atoms with E-state index in [-0.39, 0.29) is 17.4 Å². The number of nitrogens with two attached hydrogens (primary N) is 1. The molecule has 1 aliphatic heterocycles. The summed E-state index contributed by atoms with van der Waals surface area (Å²) in [5.74, 6) is -0.480. The van der Waals surface area contributed by atoms with Gasteiger partial charge in [-0.1, -0.05) is 18.2 Å². The Hall–Kier alpha value is -3.96. The molecule has 0 unspecified atom stereocenters. The molecule has 2 aromatic carbocycles. The zero-order chi connectivity index (χ0) is 28.4. The predicted molar refractivity (Wildman–Crippen MR) is 152 cm³/mol. The van der Waals surface area contributed by atoms with Gasteiger partial charge >= 0.3 is 6.18 Å². The van der Waals surface area contributed by atoms with Crippen LogP contribution >= 0.6 is 11.3 Å². The number of piperidine rings is 1. The van der Waals surface area contributed by atoms with Crippen molar-refractivity contribution in [3.05, 3.63) is 75.9 Å². The number of carbonyl (C=O) groups excluding carboxylic acids is 1. The van der Waals surface area contributed by atoms with E-state index in [4.69, 9.17) is 10.5 Å². The molecule has 40 heavy (non-hydrogen) atoms. The van der Waals surface area contributed by atoms with E-state index in [0.29, 0.717) is 24.3 Å². The van der Waals surface area contributed by atoms with Crippen LogP contribution in [0.1, 0.15) is 45.5 Å². The Balaban J connectivity index is 1.34. The second-order valence-corrected chi connectivity index (χ2v) is 10.7. The van der Waals surface area contributed by atoms with Gasteiger partial charge in [0.05, 0.1) is 15.8 Å². The van der Waals surface area contributed by atoms with Gasteiger partial charge in [0.2, 0.25) is 0 Å². The minimum absolute atomic E-state index is 0.109. The van der Waals surface area contributed by atoms with Crippen LogP contribution in [0.25, 0.3) is 22.4 Å². The first-order valence-corrected chi connectivity index (χ1v) is 13.6. The van der Waals surface area contributed by atoms with Gasteiger partial charge in [-0.05, 0) is 68.3 Å². The van der Waals surface area contributed by atoms with Crippen LogP contribution in [0.15, 0.2) is 48.1 Å². The number of alkyl halides is 3. The van der Waals surface area contributed by atoms with Gasteiger partial charge in [-0.2, -0.15) is 13.2 Å². The number of thiophene rings is 1. The maximum Gasteiger partial charge on any atom is 0.419 e. The number of benzene rings is 2. The summed E-state index contributed by atoms with van der Waals surface area (Å²) in [6.07, 6.45) is 1.53. The number of halogens is 3. The molecule has 3 N–H and O–H groups in total. The number of nitrogens with one attached hydrogen (secondary N) is 1. The Morgan fingerprint density at radius 2 is 1.88 bits per heavy atom. The first kappa shape index (κ1) is 27.6. The maximum atomic E-state index is 13.9. The topological polar surface area (TPSA) is 93.4 Å². The molecule has 3 heterocycles. The molecule has 0 radical (unpaired) electrons. The van der Waals surface area contributed by atoms with E-state index in [0.717, 1.165) is 46.1 Å². The Labute approximate surface area is 233 Å². The fourth-order valence-electron chi connectivity index (χ4n) is 4.56. The maximum absolute atomic E-state index is 13.9. The Morgan fingerprint density at radius 3 is 2.62 bits per heavy atom. The Kier molecular flexibility index (Phi) is 7.77. The van der Waals surface area contributed by atoms with Gasteiger partial charge in [-0.15, -0.1) is 11.3 Å². The fourth-order valence-corrected chi connectivity index (χ4v) is 5.45. The van der Waals surface area contributed by atoms with Gasteiger partial charge in [0.1, 0.15) is 24.0 Å². The molecular formula is C29H28F3N5O2S. The van der Waals surface area contributed by atoms with Crippen LogP contribution in [-0.2, 0) is 6.18 Å². The lowest BCUT2D eigenvalue weighted by atomic mass is 10.0. The molecule has 4 aromatic rings. The van der Waals surface area contributed by atoms with Crippen molar-refractivity contribution in [2.75, 3.05) is 31.2 Å². The highest BCUT2D eigenvalue weighted by Gasteiger charge is 2.36. The summed E-state index contributed by atoms with van der Waals surface area (Å²) < 4.78 is 48.3. The van der Waals surface area contributed by atoms with E-state index in [9.17, 15) is 18.0 Å². The van der Waals surface area contributed by atoms with Crippen molar-refractivity contribution in [2.24, 2.45) is 0 Å². The van der Waals surface area contributed by atoms with Crippen LogP contribution in [0.4, 0.5) is 24.7 Å². The minimum Gasteiger partial charge on any atom is -0.490 e. The van der Waals surface area contributed by atoms with Crippen LogP contribution in [0.3, 0.4) is 0 Å². The van der Waals surface area contributed by atoms with Crippen molar-refractivity contribution in [1.29, 1.82) is 0 Å². The molecule has 1 saturated heterocycles. The second-order valence-electron chi connectivity index (χ2n) is 9.82. The standard InChI is InChI=1S/C29H28F3N5O2S/c1-17-3-7-21(13-18(17)4-5-20-15-40-26-25(20)34-16-35-27(26)33)36-28(38)19-6-8-24(23(14-19)29(30,31)32)39-22-9-11-37(2)12-10-22/h3-8,13-16,22H,9-12H2,1-2H3,(H,36,38)(H2,33,34,35)/b5-4+. The van der Waals surface area contributed by atoms with Gasteiger partial charge < -0.3 is 20.7 Å². The molecule has 11 heteroatoms. The van der Waals surface area contributed by atoms with Crippen LogP contribution in [0.5, 0.6) is 5.75 Å². The normalized spacial score (nSPS) is 15.1. The molecule has 0 bridgehead atoms. The zero-order valence-corrected chi connectivity index (χ0v) is 22.8. The summed E-state index contributed by atoms with van der Waals surface area (Å²) in [5, 5.41) is 4.65. The number of anilines is 2. The molecule has 1 amide bonds. The lowest BCUT2D eigenvalue weighted by molar-refractivity contribution is -0.139. The first-order valence-electron chi connectivity index (χ1n) is 12.7. The minimum atomic E-state index is -4.67. The molecule has 2 aromatic heterocycles. The fraction of sp³-hybridized carbons (Fsp3) is 0.276. The predicted octanol–water partition coefficient (Wildman–Crippen LogP) is 6.50. The third-order valence-corrected chi connectivity index (χ3v) is 7.90. The van der Waals surface area contributed by atoms with Crippen molar-refractivity contribution in [2.45, 2.75) is 32.0 Å². The number of fused-ring (bicyclic) bond motifs is 1. The van der Waals surface area contributed by atoms with E-state index in [1.54, 1.807) is 12.1 Å². The number of carbonyl (C=O) groups is 1. The van der Waals surface area contributed by atoms with Crippen molar-refractivity contribution >= 4 is 51.1 Å². The van der Waals surface area contributed by atoms with E-state index in [1.807, 2.05) is 37.6 Å². The monoisotopic (exact) mass is 567 g/mol.